The number of rotatable bonds is 4. The summed E-state index contributed by atoms with van der Waals surface area (Å²) in [4.78, 5) is 2.47. The normalized spacial score (nSPS) is 23.4. The van der Waals surface area contributed by atoms with Crippen molar-refractivity contribution in [2.24, 2.45) is 5.92 Å². The second kappa shape index (κ2) is 6.18. The zero-order valence-electron chi connectivity index (χ0n) is 12.4. The monoisotopic (exact) mass is 262 g/mol. The summed E-state index contributed by atoms with van der Waals surface area (Å²) in [6.07, 6.45) is 3.52. The van der Waals surface area contributed by atoms with Crippen LogP contribution in [0.3, 0.4) is 0 Å². The van der Waals surface area contributed by atoms with Gasteiger partial charge in [0.2, 0.25) is 0 Å². The molecule has 1 aromatic rings. The molecule has 2 unspecified atom stereocenters. The maximum atomic E-state index is 5.97. The van der Waals surface area contributed by atoms with Crippen molar-refractivity contribution >= 4 is 11.4 Å². The van der Waals surface area contributed by atoms with Gasteiger partial charge in [0.1, 0.15) is 5.75 Å². The summed E-state index contributed by atoms with van der Waals surface area (Å²) in [7, 11) is 0. The van der Waals surface area contributed by atoms with Crippen LogP contribution in [0, 0.1) is 5.92 Å². The highest BCUT2D eigenvalue weighted by Crippen LogP contribution is 2.32. The highest BCUT2D eigenvalue weighted by Gasteiger charge is 2.23. The third kappa shape index (κ3) is 3.34. The van der Waals surface area contributed by atoms with E-state index in [-0.39, 0.29) is 0 Å². The Kier molecular flexibility index (Phi) is 4.56. The number of nitrogen functional groups attached to an aromatic ring is 1. The van der Waals surface area contributed by atoms with E-state index in [0.29, 0.717) is 6.04 Å². The van der Waals surface area contributed by atoms with Gasteiger partial charge in [-0.3, -0.25) is 0 Å². The lowest BCUT2D eigenvalue weighted by molar-refractivity contribution is 0.318. The van der Waals surface area contributed by atoms with E-state index >= 15 is 0 Å². The van der Waals surface area contributed by atoms with Crippen LogP contribution in [0.1, 0.15) is 40.0 Å². The summed E-state index contributed by atoms with van der Waals surface area (Å²) in [5, 5.41) is 0. The zero-order valence-corrected chi connectivity index (χ0v) is 12.4. The number of benzene rings is 1. The Hall–Kier alpha value is -1.38. The molecule has 1 aliphatic rings. The minimum Gasteiger partial charge on any atom is -0.491 e. The molecule has 3 heteroatoms. The van der Waals surface area contributed by atoms with Crippen molar-refractivity contribution in [3.63, 3.8) is 0 Å². The number of ether oxygens (including phenoxy) is 1. The lowest BCUT2D eigenvalue weighted by Crippen LogP contribution is -2.40. The Morgan fingerprint density at radius 2 is 2.16 bits per heavy atom. The van der Waals surface area contributed by atoms with Crippen molar-refractivity contribution in [3.8, 4) is 5.75 Å². The number of nitrogens with zero attached hydrogens (tertiary/aromatic N) is 1. The van der Waals surface area contributed by atoms with Gasteiger partial charge in [0, 0.05) is 24.3 Å². The van der Waals surface area contributed by atoms with Crippen LogP contribution in [0.25, 0.3) is 0 Å². The first-order valence-corrected chi connectivity index (χ1v) is 7.40. The Morgan fingerprint density at radius 1 is 1.37 bits per heavy atom. The van der Waals surface area contributed by atoms with Gasteiger partial charge in [-0.05, 0) is 44.2 Å². The Morgan fingerprint density at radius 3 is 2.84 bits per heavy atom. The molecule has 2 rings (SSSR count). The molecular weight excluding hydrogens is 236 g/mol. The molecule has 0 bridgehead atoms. The molecule has 106 valence electrons. The van der Waals surface area contributed by atoms with Gasteiger partial charge in [0.25, 0.3) is 0 Å². The first kappa shape index (κ1) is 14.0. The van der Waals surface area contributed by atoms with E-state index in [1.807, 2.05) is 6.07 Å². The first-order valence-electron chi connectivity index (χ1n) is 7.40. The van der Waals surface area contributed by atoms with Crippen molar-refractivity contribution < 1.29 is 4.74 Å². The standard InChI is InChI=1S/C16H26N2O/c1-4-9-19-16-11-14(5-6-15(16)17)18-8-7-12(2)10-13(18)3/h5-6,11-13H,4,7-10,17H2,1-3H3. The van der Waals surface area contributed by atoms with Crippen LogP contribution in [-0.4, -0.2) is 19.2 Å². The van der Waals surface area contributed by atoms with Crippen molar-refractivity contribution in [3.05, 3.63) is 18.2 Å². The fourth-order valence-corrected chi connectivity index (χ4v) is 2.83. The summed E-state index contributed by atoms with van der Waals surface area (Å²) in [5.41, 5.74) is 7.94. The molecule has 3 nitrogen and oxygen atoms in total. The van der Waals surface area contributed by atoms with Crippen LogP contribution in [0.15, 0.2) is 18.2 Å². The molecule has 0 amide bonds. The second-order valence-corrected chi connectivity index (χ2v) is 5.74. The van der Waals surface area contributed by atoms with E-state index in [1.54, 1.807) is 0 Å². The van der Waals surface area contributed by atoms with Gasteiger partial charge < -0.3 is 15.4 Å². The van der Waals surface area contributed by atoms with Crippen molar-refractivity contribution in [2.75, 3.05) is 23.8 Å². The van der Waals surface area contributed by atoms with Gasteiger partial charge in [-0.25, -0.2) is 0 Å². The average molecular weight is 262 g/mol. The van der Waals surface area contributed by atoms with E-state index in [4.69, 9.17) is 10.5 Å². The lowest BCUT2D eigenvalue weighted by Gasteiger charge is -2.38. The molecule has 1 heterocycles. The van der Waals surface area contributed by atoms with E-state index in [9.17, 15) is 0 Å². The summed E-state index contributed by atoms with van der Waals surface area (Å²) in [6, 6.07) is 6.76. The fourth-order valence-electron chi connectivity index (χ4n) is 2.83. The summed E-state index contributed by atoms with van der Waals surface area (Å²) < 4.78 is 5.72. The number of anilines is 2. The molecule has 1 aromatic carbocycles. The van der Waals surface area contributed by atoms with Gasteiger partial charge in [-0.2, -0.15) is 0 Å². The second-order valence-electron chi connectivity index (χ2n) is 5.74. The SMILES string of the molecule is CCCOc1cc(N2CCC(C)CC2C)ccc1N. The summed E-state index contributed by atoms with van der Waals surface area (Å²) >= 11 is 0. The maximum absolute atomic E-state index is 5.97. The number of hydrogen-bond acceptors (Lipinski definition) is 3. The minimum atomic E-state index is 0.589. The van der Waals surface area contributed by atoms with Crippen molar-refractivity contribution in [1.29, 1.82) is 0 Å². The first-order chi connectivity index (χ1) is 9.11. The molecule has 1 saturated heterocycles. The number of hydrogen-bond donors (Lipinski definition) is 1. The van der Waals surface area contributed by atoms with Crippen LogP contribution >= 0.6 is 0 Å². The molecule has 0 spiro atoms. The van der Waals surface area contributed by atoms with Crippen molar-refractivity contribution in [1.82, 2.24) is 0 Å². The van der Waals surface area contributed by atoms with E-state index in [2.05, 4.69) is 37.8 Å². The van der Waals surface area contributed by atoms with Crippen LogP contribution in [0.2, 0.25) is 0 Å². The molecule has 2 atom stereocenters. The third-order valence-electron chi connectivity index (χ3n) is 3.93. The summed E-state index contributed by atoms with van der Waals surface area (Å²) in [6.45, 7) is 8.60. The molecule has 2 N–H and O–H groups in total. The van der Waals surface area contributed by atoms with Crippen LogP contribution < -0.4 is 15.4 Å². The molecular formula is C16H26N2O. The van der Waals surface area contributed by atoms with Gasteiger partial charge >= 0.3 is 0 Å². The van der Waals surface area contributed by atoms with E-state index < -0.39 is 0 Å². The molecule has 0 saturated carbocycles. The molecule has 1 aliphatic heterocycles. The molecule has 0 aliphatic carbocycles. The van der Waals surface area contributed by atoms with Gasteiger partial charge in [0.05, 0.1) is 12.3 Å². The Bertz CT molecular complexity index is 419. The zero-order chi connectivity index (χ0) is 13.8. The average Bonchev–Trinajstić information content (AvgIpc) is 2.38. The molecule has 1 fully saturated rings. The Balaban J connectivity index is 2.15. The van der Waals surface area contributed by atoms with Gasteiger partial charge in [-0.1, -0.05) is 13.8 Å². The largest absolute Gasteiger partial charge is 0.491 e. The highest BCUT2D eigenvalue weighted by atomic mass is 16.5. The summed E-state index contributed by atoms with van der Waals surface area (Å²) in [5.74, 6) is 1.65. The van der Waals surface area contributed by atoms with Crippen LogP contribution in [0.4, 0.5) is 11.4 Å². The fraction of sp³-hybridized carbons (Fsp3) is 0.625. The quantitative estimate of drug-likeness (QED) is 0.841. The topological polar surface area (TPSA) is 38.5 Å². The molecule has 0 aromatic heterocycles. The predicted molar refractivity (Wildman–Crippen MR) is 81.8 cm³/mol. The third-order valence-corrected chi connectivity index (χ3v) is 3.93. The van der Waals surface area contributed by atoms with Crippen molar-refractivity contribution in [2.45, 2.75) is 46.1 Å². The predicted octanol–water partition coefficient (Wildman–Crippen LogP) is 3.68. The minimum absolute atomic E-state index is 0.589. The van der Waals surface area contributed by atoms with E-state index in [1.165, 1.54) is 18.5 Å². The van der Waals surface area contributed by atoms with Crippen LogP contribution in [-0.2, 0) is 0 Å². The van der Waals surface area contributed by atoms with E-state index in [0.717, 1.165) is 36.9 Å². The molecule has 0 radical (unpaired) electrons. The molecule has 19 heavy (non-hydrogen) atoms. The number of piperidine rings is 1. The number of nitrogens with two attached hydrogens (primary N) is 1. The lowest BCUT2D eigenvalue weighted by atomic mass is 9.93. The smallest absolute Gasteiger partial charge is 0.144 e. The van der Waals surface area contributed by atoms with Gasteiger partial charge in [-0.15, -0.1) is 0 Å². The highest BCUT2D eigenvalue weighted by molar-refractivity contribution is 5.62. The maximum Gasteiger partial charge on any atom is 0.144 e. The Labute approximate surface area is 116 Å². The van der Waals surface area contributed by atoms with Gasteiger partial charge in [0.15, 0.2) is 0 Å². The van der Waals surface area contributed by atoms with Crippen LogP contribution in [0.5, 0.6) is 5.75 Å².